The largest absolute Gasteiger partial charge is 0.347 e. The van der Waals surface area contributed by atoms with E-state index in [1.807, 2.05) is 56.3 Å². The zero-order valence-electron chi connectivity index (χ0n) is 14.6. The van der Waals surface area contributed by atoms with Crippen LogP contribution in [0, 0.1) is 13.8 Å². The molecule has 1 amide bonds. The second-order valence-corrected chi connectivity index (χ2v) is 6.42. The Labute approximate surface area is 157 Å². The van der Waals surface area contributed by atoms with Crippen LogP contribution in [0.1, 0.15) is 27.2 Å². The SMILES string of the molecule is Cc1ccccc1CNC(=O)c1cc(Nc2cc(Cl)ccc2C)ncn1. The fourth-order valence-corrected chi connectivity index (χ4v) is 2.66. The molecule has 2 aromatic carbocycles. The molecule has 3 rings (SSSR count). The minimum absolute atomic E-state index is 0.249. The van der Waals surface area contributed by atoms with Gasteiger partial charge in [-0.15, -0.1) is 0 Å². The second-order valence-electron chi connectivity index (χ2n) is 5.98. The third-order valence-electron chi connectivity index (χ3n) is 4.06. The molecule has 1 aromatic heterocycles. The van der Waals surface area contributed by atoms with E-state index in [0.29, 0.717) is 23.1 Å². The molecule has 6 heteroatoms. The number of benzene rings is 2. The molecule has 0 saturated heterocycles. The number of nitrogens with zero attached hydrogens (tertiary/aromatic N) is 2. The van der Waals surface area contributed by atoms with Gasteiger partial charge < -0.3 is 10.6 Å². The quantitative estimate of drug-likeness (QED) is 0.701. The van der Waals surface area contributed by atoms with Crippen molar-refractivity contribution >= 4 is 29.0 Å². The predicted octanol–water partition coefficient (Wildman–Crippen LogP) is 4.42. The van der Waals surface area contributed by atoms with Gasteiger partial charge in [-0.3, -0.25) is 4.79 Å². The molecule has 0 aliphatic rings. The van der Waals surface area contributed by atoms with Crippen molar-refractivity contribution in [3.63, 3.8) is 0 Å². The lowest BCUT2D eigenvalue weighted by atomic mass is 10.1. The van der Waals surface area contributed by atoms with Gasteiger partial charge in [0.05, 0.1) is 0 Å². The molecule has 0 spiro atoms. The number of nitrogens with one attached hydrogen (secondary N) is 2. The number of hydrogen-bond donors (Lipinski definition) is 2. The Morgan fingerprint density at radius 2 is 1.85 bits per heavy atom. The van der Waals surface area contributed by atoms with Gasteiger partial charge in [-0.1, -0.05) is 41.9 Å². The molecule has 0 saturated carbocycles. The number of amides is 1. The Morgan fingerprint density at radius 1 is 1.04 bits per heavy atom. The lowest BCUT2D eigenvalue weighted by Crippen LogP contribution is -2.24. The van der Waals surface area contributed by atoms with Crippen LogP contribution in [-0.2, 0) is 6.54 Å². The van der Waals surface area contributed by atoms with Crippen molar-refractivity contribution in [2.45, 2.75) is 20.4 Å². The Bertz CT molecular complexity index is 943. The number of hydrogen-bond acceptors (Lipinski definition) is 4. The van der Waals surface area contributed by atoms with Crippen LogP contribution < -0.4 is 10.6 Å². The average Bonchev–Trinajstić information content (AvgIpc) is 2.64. The van der Waals surface area contributed by atoms with Gasteiger partial charge in [-0.25, -0.2) is 9.97 Å². The van der Waals surface area contributed by atoms with Gasteiger partial charge in [0.2, 0.25) is 0 Å². The fourth-order valence-electron chi connectivity index (χ4n) is 2.49. The van der Waals surface area contributed by atoms with Gasteiger partial charge in [0.1, 0.15) is 17.8 Å². The summed E-state index contributed by atoms with van der Waals surface area (Å²) in [6.07, 6.45) is 1.37. The highest BCUT2D eigenvalue weighted by Crippen LogP contribution is 2.23. The summed E-state index contributed by atoms with van der Waals surface area (Å²) in [5.74, 6) is 0.285. The van der Waals surface area contributed by atoms with Crippen LogP contribution in [0.3, 0.4) is 0 Å². The molecule has 132 valence electrons. The van der Waals surface area contributed by atoms with Crippen molar-refractivity contribution in [1.29, 1.82) is 0 Å². The molecule has 0 bridgehead atoms. The fraction of sp³-hybridized carbons (Fsp3) is 0.150. The van der Waals surface area contributed by atoms with E-state index in [1.165, 1.54) is 6.33 Å². The van der Waals surface area contributed by atoms with E-state index in [4.69, 9.17) is 11.6 Å². The van der Waals surface area contributed by atoms with E-state index in [9.17, 15) is 4.79 Å². The Hall–Kier alpha value is -2.92. The number of halogens is 1. The molecule has 0 radical (unpaired) electrons. The summed E-state index contributed by atoms with van der Waals surface area (Å²) < 4.78 is 0. The molecule has 3 aromatic rings. The average molecular weight is 367 g/mol. The van der Waals surface area contributed by atoms with Crippen molar-refractivity contribution in [2.24, 2.45) is 0 Å². The lowest BCUT2D eigenvalue weighted by molar-refractivity contribution is 0.0945. The van der Waals surface area contributed by atoms with Crippen LogP contribution in [-0.4, -0.2) is 15.9 Å². The first-order valence-electron chi connectivity index (χ1n) is 8.21. The van der Waals surface area contributed by atoms with Crippen LogP contribution in [0.25, 0.3) is 0 Å². The van der Waals surface area contributed by atoms with Crippen molar-refractivity contribution in [3.8, 4) is 0 Å². The second kappa shape index (κ2) is 7.97. The normalized spacial score (nSPS) is 10.4. The number of aryl methyl sites for hydroxylation is 2. The van der Waals surface area contributed by atoms with E-state index in [-0.39, 0.29) is 5.91 Å². The third kappa shape index (κ3) is 4.37. The Morgan fingerprint density at radius 3 is 2.65 bits per heavy atom. The summed E-state index contributed by atoms with van der Waals surface area (Å²) in [6.45, 7) is 4.43. The molecule has 0 aliphatic carbocycles. The van der Waals surface area contributed by atoms with Gasteiger partial charge in [0, 0.05) is 23.3 Å². The van der Waals surface area contributed by atoms with Gasteiger partial charge in [-0.05, 0) is 42.7 Å². The first-order chi connectivity index (χ1) is 12.5. The van der Waals surface area contributed by atoms with E-state index < -0.39 is 0 Å². The first kappa shape index (κ1) is 17.9. The van der Waals surface area contributed by atoms with E-state index in [2.05, 4.69) is 20.6 Å². The molecule has 26 heavy (non-hydrogen) atoms. The van der Waals surface area contributed by atoms with Gasteiger partial charge >= 0.3 is 0 Å². The lowest BCUT2D eigenvalue weighted by Gasteiger charge is -2.11. The number of carbonyl (C=O) groups is 1. The zero-order chi connectivity index (χ0) is 18.5. The number of aromatic nitrogens is 2. The van der Waals surface area contributed by atoms with E-state index >= 15 is 0 Å². The molecule has 0 fully saturated rings. The molecular formula is C20H19ClN4O. The first-order valence-corrected chi connectivity index (χ1v) is 8.58. The van der Waals surface area contributed by atoms with Crippen molar-refractivity contribution in [1.82, 2.24) is 15.3 Å². The summed E-state index contributed by atoms with van der Waals surface area (Å²) in [6, 6.07) is 15.1. The van der Waals surface area contributed by atoms with Crippen LogP contribution in [0.15, 0.2) is 54.9 Å². The monoisotopic (exact) mass is 366 g/mol. The minimum atomic E-state index is -0.249. The van der Waals surface area contributed by atoms with Crippen molar-refractivity contribution < 1.29 is 4.79 Å². The standard InChI is InChI=1S/C20H19ClN4O/c1-13-5-3-4-6-15(13)11-22-20(26)18-10-19(24-12-23-18)25-17-9-16(21)8-7-14(17)2/h3-10,12H,11H2,1-2H3,(H,22,26)(H,23,24,25). The number of anilines is 2. The summed E-state index contributed by atoms with van der Waals surface area (Å²) in [5.41, 5.74) is 4.37. The predicted molar refractivity (Wildman–Crippen MR) is 104 cm³/mol. The summed E-state index contributed by atoms with van der Waals surface area (Å²) in [7, 11) is 0. The van der Waals surface area contributed by atoms with Crippen LogP contribution >= 0.6 is 11.6 Å². The molecule has 2 N–H and O–H groups in total. The Kier molecular flexibility index (Phi) is 5.49. The summed E-state index contributed by atoms with van der Waals surface area (Å²) in [5, 5.41) is 6.69. The number of rotatable bonds is 5. The molecule has 0 unspecified atom stereocenters. The third-order valence-corrected chi connectivity index (χ3v) is 4.30. The molecular weight excluding hydrogens is 348 g/mol. The topological polar surface area (TPSA) is 66.9 Å². The van der Waals surface area contributed by atoms with Gasteiger partial charge in [0.25, 0.3) is 5.91 Å². The molecule has 0 aliphatic heterocycles. The molecule has 1 heterocycles. The zero-order valence-corrected chi connectivity index (χ0v) is 15.3. The highest BCUT2D eigenvalue weighted by atomic mass is 35.5. The summed E-state index contributed by atoms with van der Waals surface area (Å²) >= 11 is 6.04. The number of carbonyl (C=O) groups excluding carboxylic acids is 1. The van der Waals surface area contributed by atoms with Crippen molar-refractivity contribution in [2.75, 3.05) is 5.32 Å². The van der Waals surface area contributed by atoms with Crippen LogP contribution in [0.5, 0.6) is 0 Å². The van der Waals surface area contributed by atoms with Crippen LogP contribution in [0.2, 0.25) is 5.02 Å². The smallest absolute Gasteiger partial charge is 0.270 e. The maximum absolute atomic E-state index is 12.4. The van der Waals surface area contributed by atoms with Crippen LogP contribution in [0.4, 0.5) is 11.5 Å². The highest BCUT2D eigenvalue weighted by molar-refractivity contribution is 6.30. The summed E-state index contributed by atoms with van der Waals surface area (Å²) in [4.78, 5) is 20.6. The minimum Gasteiger partial charge on any atom is -0.347 e. The van der Waals surface area contributed by atoms with E-state index in [1.54, 1.807) is 6.07 Å². The maximum atomic E-state index is 12.4. The highest BCUT2D eigenvalue weighted by Gasteiger charge is 2.10. The molecule has 5 nitrogen and oxygen atoms in total. The van der Waals surface area contributed by atoms with Gasteiger partial charge in [-0.2, -0.15) is 0 Å². The molecule has 0 atom stereocenters. The Balaban J connectivity index is 1.71. The van der Waals surface area contributed by atoms with E-state index in [0.717, 1.165) is 22.4 Å². The maximum Gasteiger partial charge on any atom is 0.270 e. The van der Waals surface area contributed by atoms with Gasteiger partial charge in [0.15, 0.2) is 0 Å². The van der Waals surface area contributed by atoms with Crippen molar-refractivity contribution in [3.05, 3.63) is 82.3 Å².